The lowest BCUT2D eigenvalue weighted by atomic mass is 10.2. The molecular formula is C13H23NO. The summed E-state index contributed by atoms with van der Waals surface area (Å²) >= 11 is 0. The van der Waals surface area contributed by atoms with Crippen LogP contribution in [0.3, 0.4) is 0 Å². The van der Waals surface area contributed by atoms with E-state index in [9.17, 15) is 4.79 Å². The molecule has 0 unspecified atom stereocenters. The number of carbonyl (C=O) groups excluding carboxylic acids is 1. The number of carbonyl (C=O) groups is 1. The second-order valence-electron chi connectivity index (χ2n) is 2.93. The van der Waals surface area contributed by atoms with E-state index in [1.165, 1.54) is 6.92 Å². The summed E-state index contributed by atoms with van der Waals surface area (Å²) in [5.41, 5.74) is 1.65. The number of amides is 1. The Morgan fingerprint density at radius 2 is 1.67 bits per heavy atom. The molecule has 2 nitrogen and oxygen atoms in total. The van der Waals surface area contributed by atoms with Gasteiger partial charge in [0.15, 0.2) is 0 Å². The van der Waals surface area contributed by atoms with E-state index in [4.69, 9.17) is 0 Å². The molecule has 1 amide bonds. The summed E-state index contributed by atoms with van der Waals surface area (Å²) in [4.78, 5) is 12.7. The molecule has 0 rings (SSSR count). The quantitative estimate of drug-likeness (QED) is 0.649. The molecule has 0 bridgehead atoms. The maximum Gasteiger partial charge on any atom is 0.223 e. The van der Waals surface area contributed by atoms with Gasteiger partial charge in [-0.1, -0.05) is 38.7 Å². The number of nitrogens with zero attached hydrogens (tertiary/aromatic N) is 1. The van der Waals surface area contributed by atoms with Crippen molar-refractivity contribution in [1.82, 2.24) is 4.90 Å². The summed E-state index contributed by atoms with van der Waals surface area (Å²) in [6.45, 7) is 17.5. The Kier molecular flexibility index (Phi) is 9.95. The highest BCUT2D eigenvalue weighted by Crippen LogP contribution is 2.04. The smallest absolute Gasteiger partial charge is 0.223 e. The lowest BCUT2D eigenvalue weighted by Gasteiger charge is -2.18. The standard InChI is InChI=1S/C11H17NO.C2H6/c1-6-12(11(5)13)10(4)8-7-9(2)3;1-2/h7-8H,2,4,6H2,1,3,5H3;1-2H3/b8-7-;. The molecule has 0 saturated heterocycles. The van der Waals surface area contributed by atoms with E-state index in [1.807, 2.05) is 33.8 Å². The molecule has 0 N–H and O–H groups in total. The van der Waals surface area contributed by atoms with Gasteiger partial charge in [-0.15, -0.1) is 0 Å². The molecule has 0 aliphatic rings. The number of likely N-dealkylation sites (N-methyl/N-ethyl adjacent to an activating group) is 1. The van der Waals surface area contributed by atoms with Crippen LogP contribution >= 0.6 is 0 Å². The summed E-state index contributed by atoms with van der Waals surface area (Å²) in [7, 11) is 0. The van der Waals surface area contributed by atoms with Crippen molar-refractivity contribution in [3.8, 4) is 0 Å². The van der Waals surface area contributed by atoms with Crippen molar-refractivity contribution in [2.75, 3.05) is 6.54 Å². The van der Waals surface area contributed by atoms with E-state index >= 15 is 0 Å². The Bertz CT molecular complexity index is 251. The van der Waals surface area contributed by atoms with Gasteiger partial charge in [0.2, 0.25) is 5.91 Å². The zero-order chi connectivity index (χ0) is 12.4. The first-order chi connectivity index (χ1) is 6.99. The van der Waals surface area contributed by atoms with Gasteiger partial charge in [0.05, 0.1) is 0 Å². The molecule has 0 aromatic heterocycles. The Labute approximate surface area is 94.0 Å². The van der Waals surface area contributed by atoms with Gasteiger partial charge in [-0.05, 0) is 19.9 Å². The number of rotatable bonds is 4. The minimum atomic E-state index is 0.0128. The molecule has 0 aliphatic carbocycles. The third-order valence-electron chi connectivity index (χ3n) is 1.60. The normalized spacial score (nSPS) is 9.13. The molecule has 2 heteroatoms. The fourth-order valence-corrected chi connectivity index (χ4v) is 0.956. The molecule has 0 spiro atoms. The zero-order valence-electron chi connectivity index (χ0n) is 10.6. The highest BCUT2D eigenvalue weighted by atomic mass is 16.2. The van der Waals surface area contributed by atoms with Gasteiger partial charge in [0.25, 0.3) is 0 Å². The molecule has 0 radical (unpaired) electrons. The van der Waals surface area contributed by atoms with Crippen LogP contribution in [0.1, 0.15) is 34.6 Å². The molecule has 0 aromatic rings. The fourth-order valence-electron chi connectivity index (χ4n) is 0.956. The first kappa shape index (κ1) is 16.1. The summed E-state index contributed by atoms with van der Waals surface area (Å²) < 4.78 is 0. The third kappa shape index (κ3) is 7.74. The van der Waals surface area contributed by atoms with Gasteiger partial charge in [-0.3, -0.25) is 4.79 Å². The number of hydrogen-bond acceptors (Lipinski definition) is 1. The second kappa shape index (κ2) is 9.25. The maximum absolute atomic E-state index is 11.1. The van der Waals surface area contributed by atoms with Gasteiger partial charge in [-0.2, -0.15) is 0 Å². The molecule has 0 saturated carbocycles. The van der Waals surface area contributed by atoms with E-state index in [2.05, 4.69) is 13.2 Å². The predicted octanol–water partition coefficient (Wildman–Crippen LogP) is 3.53. The highest BCUT2D eigenvalue weighted by Gasteiger charge is 2.06. The van der Waals surface area contributed by atoms with Crippen LogP contribution in [0.15, 0.2) is 36.6 Å². The van der Waals surface area contributed by atoms with E-state index in [0.717, 1.165) is 5.57 Å². The Hall–Kier alpha value is -1.31. The fraction of sp³-hybridized carbons (Fsp3) is 0.462. The Balaban J connectivity index is 0. The SMILES string of the molecule is C=C(C)/C=C\C(=C)N(CC)C(C)=O.CC. The Morgan fingerprint density at radius 3 is 1.93 bits per heavy atom. The van der Waals surface area contributed by atoms with Gasteiger partial charge < -0.3 is 4.90 Å². The van der Waals surface area contributed by atoms with Crippen LogP contribution in [0.2, 0.25) is 0 Å². The average molecular weight is 209 g/mol. The van der Waals surface area contributed by atoms with Gasteiger partial charge >= 0.3 is 0 Å². The van der Waals surface area contributed by atoms with Crippen LogP contribution in [-0.2, 0) is 4.79 Å². The second-order valence-corrected chi connectivity index (χ2v) is 2.93. The summed E-state index contributed by atoms with van der Waals surface area (Å²) in [5.74, 6) is 0.0128. The largest absolute Gasteiger partial charge is 0.314 e. The van der Waals surface area contributed by atoms with E-state index in [1.54, 1.807) is 11.0 Å². The van der Waals surface area contributed by atoms with Crippen LogP contribution < -0.4 is 0 Å². The molecule has 0 aliphatic heterocycles. The molecule has 0 aromatic carbocycles. The van der Waals surface area contributed by atoms with Crippen molar-refractivity contribution in [2.24, 2.45) is 0 Å². The third-order valence-corrected chi connectivity index (χ3v) is 1.60. The van der Waals surface area contributed by atoms with E-state index in [0.29, 0.717) is 12.2 Å². The Morgan fingerprint density at radius 1 is 1.20 bits per heavy atom. The average Bonchev–Trinajstić information content (AvgIpc) is 2.18. The minimum Gasteiger partial charge on any atom is -0.314 e. The summed E-state index contributed by atoms with van der Waals surface area (Å²) in [5, 5.41) is 0. The predicted molar refractivity (Wildman–Crippen MR) is 67.5 cm³/mol. The van der Waals surface area contributed by atoms with Crippen molar-refractivity contribution in [3.63, 3.8) is 0 Å². The number of hydrogen-bond donors (Lipinski definition) is 0. The molecule has 15 heavy (non-hydrogen) atoms. The van der Waals surface area contributed by atoms with Gasteiger partial charge in [0, 0.05) is 19.2 Å². The topological polar surface area (TPSA) is 20.3 Å². The first-order valence-electron chi connectivity index (χ1n) is 5.29. The van der Waals surface area contributed by atoms with Crippen molar-refractivity contribution in [3.05, 3.63) is 36.6 Å². The van der Waals surface area contributed by atoms with Gasteiger partial charge in [0.1, 0.15) is 0 Å². The lowest BCUT2D eigenvalue weighted by Crippen LogP contribution is -2.26. The van der Waals surface area contributed by atoms with Crippen LogP contribution in [0.5, 0.6) is 0 Å². The number of allylic oxidation sites excluding steroid dienone is 3. The monoisotopic (exact) mass is 209 g/mol. The molecule has 86 valence electrons. The van der Waals surface area contributed by atoms with Crippen molar-refractivity contribution in [1.29, 1.82) is 0 Å². The lowest BCUT2D eigenvalue weighted by molar-refractivity contribution is -0.126. The van der Waals surface area contributed by atoms with Crippen LogP contribution in [0.25, 0.3) is 0 Å². The molecule has 0 heterocycles. The van der Waals surface area contributed by atoms with Crippen molar-refractivity contribution >= 4 is 5.91 Å². The minimum absolute atomic E-state index is 0.0128. The molecular weight excluding hydrogens is 186 g/mol. The van der Waals surface area contributed by atoms with Crippen LogP contribution in [0.4, 0.5) is 0 Å². The van der Waals surface area contributed by atoms with Gasteiger partial charge in [-0.25, -0.2) is 0 Å². The highest BCUT2D eigenvalue weighted by molar-refractivity contribution is 5.75. The van der Waals surface area contributed by atoms with Crippen molar-refractivity contribution < 1.29 is 4.79 Å². The van der Waals surface area contributed by atoms with Crippen LogP contribution in [0, 0.1) is 0 Å². The summed E-state index contributed by atoms with van der Waals surface area (Å²) in [6.07, 6.45) is 3.64. The molecule has 0 atom stereocenters. The molecule has 0 fully saturated rings. The summed E-state index contributed by atoms with van der Waals surface area (Å²) in [6, 6.07) is 0. The van der Waals surface area contributed by atoms with E-state index < -0.39 is 0 Å². The van der Waals surface area contributed by atoms with Crippen molar-refractivity contribution in [2.45, 2.75) is 34.6 Å². The van der Waals surface area contributed by atoms with E-state index in [-0.39, 0.29) is 5.91 Å². The maximum atomic E-state index is 11.1. The first-order valence-corrected chi connectivity index (χ1v) is 5.29. The zero-order valence-corrected chi connectivity index (χ0v) is 10.6. The van der Waals surface area contributed by atoms with Crippen LogP contribution in [-0.4, -0.2) is 17.4 Å².